The molecule has 32 heteroatoms. The number of aliphatic carboxylic acids is 1. The van der Waals surface area contributed by atoms with Gasteiger partial charge in [0.25, 0.3) is 0 Å². The Balaban J connectivity index is 0.000000165. The van der Waals surface area contributed by atoms with Crippen LogP contribution in [0.25, 0.3) is 33.1 Å². The van der Waals surface area contributed by atoms with E-state index in [9.17, 15) is 38.4 Å². The average Bonchev–Trinajstić information content (AvgIpc) is 0.972. The Hall–Kier alpha value is -11.6. The number of nitrogens with zero attached hydrogens (tertiary/aromatic N) is 11. The molecule has 3 aliphatic rings. The molecule has 3 aliphatic heterocycles. The number of ether oxygens (including phenoxy) is 2. The molecule has 12 N–H and O–H groups in total. The van der Waals surface area contributed by atoms with Gasteiger partial charge in [0.15, 0.2) is 16.9 Å². The number of amides is 7. The van der Waals surface area contributed by atoms with Gasteiger partial charge in [0.05, 0.1) is 66.3 Å². The van der Waals surface area contributed by atoms with Crippen LogP contribution in [0.1, 0.15) is 152 Å². The lowest BCUT2D eigenvalue weighted by atomic mass is 9.90. The van der Waals surface area contributed by atoms with Crippen LogP contribution in [0.15, 0.2) is 92.2 Å². The number of pyridine rings is 6. The van der Waals surface area contributed by atoms with Crippen LogP contribution in [-0.2, 0) is 38.2 Å². The molecule has 0 aromatic carbocycles. The van der Waals surface area contributed by atoms with E-state index in [1.807, 2.05) is 24.5 Å². The van der Waals surface area contributed by atoms with Crippen molar-refractivity contribution in [3.05, 3.63) is 126 Å². The number of nitrogen functional groups attached to an aromatic ring is 1. The summed E-state index contributed by atoms with van der Waals surface area (Å²) in [5, 5.41) is 47.9. The van der Waals surface area contributed by atoms with E-state index >= 15 is 0 Å². The van der Waals surface area contributed by atoms with Gasteiger partial charge in [0, 0.05) is 53.9 Å². The molecule has 0 bridgehead atoms. The topological polar surface area (TPSA) is 443 Å². The van der Waals surface area contributed by atoms with Crippen molar-refractivity contribution in [2.45, 2.75) is 151 Å². The van der Waals surface area contributed by atoms with Crippen molar-refractivity contribution < 1.29 is 52.9 Å². The van der Waals surface area contributed by atoms with Crippen molar-refractivity contribution in [3.8, 4) is 0 Å². The number of carbonyl (C=O) groups excluding carboxylic acids is 7. The third kappa shape index (κ3) is 20.3. The number of aromatic amines is 3. The molecule has 32 nitrogen and oxygen atoms in total. The SMILES string of the molecule is C[C@H]1CC[C@H](c2cnc3[nH]ncc3c2)NC1.Cc1cc(NC(=O)C(=O)N2C[C@@H](C)CC[C@@H]2c2cnc3[nH]ncc3c2)cnc1N.Cc1cc(NC(=O)C(=O)N2C[C@@H](C)CC[C@@H]2c2cnc3[nH]ncc3c2)cnc1NC(=O)OC(C)(C)C.Cc1cc(NC(=O)C(=O)O)cnc1NC(=O)OC(C)(C)C. The Morgan fingerprint density at radius 1 is 0.471 bits per heavy atom. The predicted octanol–water partition coefficient (Wildman–Crippen LogP) is 9.91. The van der Waals surface area contributed by atoms with Gasteiger partial charge in [-0.2, -0.15) is 15.3 Å². The van der Waals surface area contributed by atoms with Crippen LogP contribution in [0.5, 0.6) is 0 Å². The van der Waals surface area contributed by atoms with E-state index < -0.39 is 58.9 Å². The number of nitrogens with two attached hydrogens (primary N) is 1. The lowest BCUT2D eigenvalue weighted by Gasteiger charge is -2.38. The summed E-state index contributed by atoms with van der Waals surface area (Å²) < 4.78 is 10.3. The number of hydrogen-bond acceptors (Lipinski definition) is 21. The number of hydrogen-bond donors (Lipinski definition) is 11. The zero-order chi connectivity index (χ0) is 73.7. The molecule has 0 radical (unpaired) electrons. The minimum atomic E-state index is -1.59. The van der Waals surface area contributed by atoms with Crippen molar-refractivity contribution in [2.24, 2.45) is 17.8 Å². The Labute approximate surface area is 587 Å². The molecule has 9 aromatic heterocycles. The van der Waals surface area contributed by atoms with Gasteiger partial charge < -0.3 is 51.4 Å². The summed E-state index contributed by atoms with van der Waals surface area (Å²) in [5.74, 6) is -3.04. The summed E-state index contributed by atoms with van der Waals surface area (Å²) in [5.41, 5.74) is 12.6. The highest BCUT2D eigenvalue weighted by Gasteiger charge is 2.37. The van der Waals surface area contributed by atoms with Gasteiger partial charge in [-0.05, 0) is 195 Å². The maximum absolute atomic E-state index is 13.3. The number of nitrogens with one attached hydrogen (secondary N) is 9. The monoisotopic (exact) mass is 1400 g/mol. The van der Waals surface area contributed by atoms with E-state index in [4.69, 9.17) is 20.3 Å². The van der Waals surface area contributed by atoms with Crippen LogP contribution < -0.4 is 37.6 Å². The Morgan fingerprint density at radius 3 is 1.24 bits per heavy atom. The van der Waals surface area contributed by atoms with E-state index in [0.717, 1.165) is 76.6 Å². The number of aryl methyl sites for hydroxylation is 3. The summed E-state index contributed by atoms with van der Waals surface area (Å²) in [6.45, 7) is 24.2. The standard InChI is InChI=1S/C25H31N7O4.C20H23N7O2.C13H17N3O5.C12H16N4/c1-14-6-7-19(16-9-17-11-28-31-21(17)26-10-16)32(13-14)23(34)22(33)29-18-8-15(2)20(27-12-18)30-24(35)36-25(3,4)5;1-11-3-4-16(13-6-14-8-24-26-18(14)23-7-13)27(10-11)20(29)19(28)25-15-5-12(2)17(21)22-9-15;1-7-5-8(15-10(17)11(18)19)6-14-9(7)16-12(20)21-13(2,3)4;1-8-2-3-11(13-5-8)9-4-10-7-15-16-12(10)14-6-9/h8-12,14,19H,6-7,13H2,1-5H3,(H,29,33)(H,26,28,31)(H,27,30,35);5-9,11,16H,3-4,10H2,1-2H3,(H2,21,22)(H,25,28)(H,23,24,26);5-6H,1-4H3,(H,15,17)(H,18,19)(H,14,16,20);4,6-8,11,13H,2-3,5H2,1H3,(H,14,15,16)/t14-,19+;11-,16+;;8-,11+/m00.0/s1. The molecule has 0 spiro atoms. The lowest BCUT2D eigenvalue weighted by Crippen LogP contribution is -2.46. The van der Waals surface area contributed by atoms with E-state index in [0.29, 0.717) is 70.5 Å². The Bertz CT molecular complexity index is 4530. The summed E-state index contributed by atoms with van der Waals surface area (Å²) in [4.78, 5) is 126. The maximum Gasteiger partial charge on any atom is 0.413 e. The molecule has 6 atom stereocenters. The van der Waals surface area contributed by atoms with Gasteiger partial charge in [0.2, 0.25) is 0 Å². The number of anilines is 6. The fourth-order valence-corrected chi connectivity index (χ4v) is 11.7. The first-order valence-corrected chi connectivity index (χ1v) is 33.4. The normalized spacial score (nSPS) is 18.2. The summed E-state index contributed by atoms with van der Waals surface area (Å²) in [7, 11) is 0. The number of carboxylic acids is 1. The predicted molar refractivity (Wildman–Crippen MR) is 381 cm³/mol. The number of aromatic nitrogens is 12. The van der Waals surface area contributed by atoms with Crippen molar-refractivity contribution in [2.75, 3.05) is 52.0 Å². The highest BCUT2D eigenvalue weighted by molar-refractivity contribution is 6.40. The molecule has 9 aromatic rings. The van der Waals surface area contributed by atoms with Crippen LogP contribution in [-0.4, -0.2) is 154 Å². The van der Waals surface area contributed by atoms with Crippen molar-refractivity contribution in [1.82, 2.24) is 75.6 Å². The number of piperidine rings is 3. The summed E-state index contributed by atoms with van der Waals surface area (Å²) in [6.07, 6.45) is 19.3. The highest BCUT2D eigenvalue weighted by atomic mass is 16.6. The van der Waals surface area contributed by atoms with Gasteiger partial charge >= 0.3 is 47.7 Å². The molecule has 7 amide bonds. The van der Waals surface area contributed by atoms with Crippen LogP contribution >= 0.6 is 0 Å². The second-order valence-corrected chi connectivity index (χ2v) is 27.8. The molecule has 12 heterocycles. The number of fused-ring (bicyclic) bond motifs is 3. The maximum atomic E-state index is 13.3. The quantitative estimate of drug-likeness (QED) is 0.0630. The van der Waals surface area contributed by atoms with E-state index in [1.165, 1.54) is 43.1 Å². The molecule has 0 unspecified atom stereocenters. The first-order chi connectivity index (χ1) is 48.3. The van der Waals surface area contributed by atoms with Gasteiger partial charge in [-0.3, -0.25) is 49.9 Å². The van der Waals surface area contributed by atoms with Gasteiger partial charge in [-0.15, -0.1) is 0 Å². The molecule has 3 saturated heterocycles. The van der Waals surface area contributed by atoms with E-state index in [-0.39, 0.29) is 29.5 Å². The molecule has 0 aliphatic carbocycles. The third-order valence-corrected chi connectivity index (χ3v) is 16.8. The first kappa shape index (κ1) is 74.6. The third-order valence-electron chi connectivity index (χ3n) is 16.8. The second-order valence-electron chi connectivity index (χ2n) is 27.8. The zero-order valence-electron chi connectivity index (χ0n) is 59.0. The largest absolute Gasteiger partial charge is 0.474 e. The minimum Gasteiger partial charge on any atom is -0.474 e. The first-order valence-electron chi connectivity index (χ1n) is 33.4. The van der Waals surface area contributed by atoms with Crippen LogP contribution in [0, 0.1) is 38.5 Å². The molecule has 3 fully saturated rings. The van der Waals surface area contributed by atoms with Crippen LogP contribution in [0.2, 0.25) is 0 Å². The molecular weight excluding hydrogens is 1310 g/mol. The minimum absolute atomic E-state index is 0.206. The van der Waals surface area contributed by atoms with Crippen LogP contribution in [0.4, 0.5) is 44.1 Å². The van der Waals surface area contributed by atoms with Crippen LogP contribution in [0.3, 0.4) is 0 Å². The fourth-order valence-electron chi connectivity index (χ4n) is 11.7. The van der Waals surface area contributed by atoms with E-state index in [1.54, 1.807) is 109 Å². The average molecular weight is 1400 g/mol. The lowest BCUT2D eigenvalue weighted by molar-refractivity contribution is -0.147. The number of likely N-dealkylation sites (tertiary alicyclic amines) is 2. The molecule has 0 saturated carbocycles. The van der Waals surface area contributed by atoms with Crippen molar-refractivity contribution in [1.29, 1.82) is 0 Å². The Kier molecular flexibility index (Phi) is 23.9. The van der Waals surface area contributed by atoms with Gasteiger partial charge in [-0.1, -0.05) is 20.8 Å². The summed E-state index contributed by atoms with van der Waals surface area (Å²) in [6, 6.07) is 10.9. The van der Waals surface area contributed by atoms with E-state index in [2.05, 4.69) is 119 Å². The number of H-pyrrole nitrogens is 3. The molecule has 102 heavy (non-hydrogen) atoms. The number of rotatable bonds is 8. The number of carbonyl (C=O) groups is 8. The summed E-state index contributed by atoms with van der Waals surface area (Å²) >= 11 is 0. The smallest absolute Gasteiger partial charge is 0.413 e. The highest BCUT2D eigenvalue weighted by Crippen LogP contribution is 2.36. The molecule has 12 rings (SSSR count). The van der Waals surface area contributed by atoms with Crippen molar-refractivity contribution >= 4 is 115 Å². The second kappa shape index (κ2) is 32.6. The van der Waals surface area contributed by atoms with Gasteiger partial charge in [-0.25, -0.2) is 44.3 Å². The van der Waals surface area contributed by atoms with Gasteiger partial charge in [0.1, 0.15) is 28.7 Å². The number of carboxylic acid groups (broad SMARTS) is 1. The zero-order valence-corrected chi connectivity index (χ0v) is 59.0. The van der Waals surface area contributed by atoms with Crippen molar-refractivity contribution in [3.63, 3.8) is 0 Å². The molecule has 538 valence electrons. The Morgan fingerprint density at radius 2 is 0.853 bits per heavy atom. The fraction of sp³-hybridized carbons (Fsp3) is 0.414. The molecular formula is C70H87N21O11.